The van der Waals surface area contributed by atoms with Gasteiger partial charge in [0.1, 0.15) is 22.8 Å². The van der Waals surface area contributed by atoms with Crippen LogP contribution in [0, 0.1) is 11.8 Å². The largest absolute Gasteiger partial charge is 0.508 e. The summed E-state index contributed by atoms with van der Waals surface area (Å²) in [5, 5.41) is 43.8. The molecule has 33 heavy (non-hydrogen) atoms. The number of nitrogens with two attached hydrogens (primary N) is 1. The van der Waals surface area contributed by atoms with Crippen molar-refractivity contribution in [2.24, 2.45) is 17.6 Å². The number of nitrogens with zero attached hydrogens (tertiary/aromatic N) is 1. The second kappa shape index (κ2) is 7.43. The number of fused-ring (bicyclic) bond motifs is 3. The summed E-state index contributed by atoms with van der Waals surface area (Å²) >= 11 is 0. The van der Waals surface area contributed by atoms with Crippen molar-refractivity contribution in [1.82, 2.24) is 4.90 Å². The van der Waals surface area contributed by atoms with Gasteiger partial charge in [-0.2, -0.15) is 0 Å². The van der Waals surface area contributed by atoms with Crippen molar-refractivity contribution in [3.05, 3.63) is 46.2 Å². The quantitative estimate of drug-likeness (QED) is 0.412. The van der Waals surface area contributed by atoms with Crippen LogP contribution >= 0.6 is 0 Å². The second-order valence-electron chi connectivity index (χ2n) is 9.41. The second-order valence-corrected chi connectivity index (χ2v) is 9.41. The van der Waals surface area contributed by atoms with Gasteiger partial charge in [-0.1, -0.05) is 18.6 Å². The van der Waals surface area contributed by atoms with Crippen molar-refractivity contribution in [2.45, 2.75) is 43.7 Å². The highest BCUT2D eigenvalue weighted by Crippen LogP contribution is 2.52. The molecule has 4 unspecified atom stereocenters. The molecule has 3 aliphatic carbocycles. The van der Waals surface area contributed by atoms with E-state index < -0.39 is 58.0 Å². The Morgan fingerprint density at radius 1 is 1.09 bits per heavy atom. The highest BCUT2D eigenvalue weighted by molar-refractivity contribution is 6.24. The number of carbonyl (C=O) groups is 3. The van der Waals surface area contributed by atoms with E-state index in [-0.39, 0.29) is 23.3 Å². The monoisotopic (exact) mass is 454 g/mol. The molecule has 0 spiro atoms. The SMILES string of the molecule is NC(=O)C1=C(O)C2(O)C(=O)C3=C(O)c4c(O)cccc4CC3CC2C(N2CCCCC2)C1=O. The maximum absolute atomic E-state index is 13.7. The topological polar surface area (TPSA) is 161 Å². The third-order valence-corrected chi connectivity index (χ3v) is 7.69. The molecular weight excluding hydrogens is 428 g/mol. The summed E-state index contributed by atoms with van der Waals surface area (Å²) in [4.78, 5) is 41.1. The minimum absolute atomic E-state index is 0.109. The molecule has 2 fully saturated rings. The third kappa shape index (κ3) is 2.88. The Kier molecular flexibility index (Phi) is 4.88. The van der Waals surface area contributed by atoms with Crippen LogP contribution in [0.25, 0.3) is 5.76 Å². The normalized spacial score (nSPS) is 32.3. The zero-order chi connectivity index (χ0) is 23.7. The number of rotatable bonds is 2. The molecule has 1 aromatic carbocycles. The lowest BCUT2D eigenvalue weighted by Gasteiger charge is -2.51. The van der Waals surface area contributed by atoms with Crippen LogP contribution in [0.4, 0.5) is 0 Å². The predicted octanol–water partition coefficient (Wildman–Crippen LogP) is 0.888. The van der Waals surface area contributed by atoms with Gasteiger partial charge in [-0.3, -0.25) is 19.3 Å². The van der Waals surface area contributed by atoms with E-state index in [1.807, 2.05) is 4.90 Å². The highest BCUT2D eigenvalue weighted by Gasteiger charge is 2.64. The van der Waals surface area contributed by atoms with Crippen LogP contribution in [-0.4, -0.2) is 67.5 Å². The van der Waals surface area contributed by atoms with Crippen LogP contribution in [0.1, 0.15) is 36.8 Å². The Labute approximate surface area is 189 Å². The van der Waals surface area contributed by atoms with Crippen LogP contribution in [0.15, 0.2) is 35.1 Å². The number of aliphatic hydroxyl groups is 3. The number of carbonyl (C=O) groups excluding carboxylic acids is 3. The van der Waals surface area contributed by atoms with Crippen LogP contribution < -0.4 is 5.73 Å². The van der Waals surface area contributed by atoms with Crippen LogP contribution in [0.2, 0.25) is 0 Å². The van der Waals surface area contributed by atoms with Gasteiger partial charge in [-0.05, 0) is 56.3 Å². The molecule has 9 nitrogen and oxygen atoms in total. The molecule has 1 amide bonds. The molecule has 6 N–H and O–H groups in total. The first-order valence-electron chi connectivity index (χ1n) is 11.2. The van der Waals surface area contributed by atoms with Gasteiger partial charge in [0.25, 0.3) is 5.91 Å². The summed E-state index contributed by atoms with van der Waals surface area (Å²) in [5.74, 6) is -6.14. The summed E-state index contributed by atoms with van der Waals surface area (Å²) in [6.07, 6.45) is 3.08. The average molecular weight is 454 g/mol. The van der Waals surface area contributed by atoms with Crippen molar-refractivity contribution >= 4 is 23.2 Å². The summed E-state index contributed by atoms with van der Waals surface area (Å²) in [7, 11) is 0. The fourth-order valence-corrected chi connectivity index (χ4v) is 6.20. The van der Waals surface area contributed by atoms with Gasteiger partial charge in [-0.25, -0.2) is 0 Å². The maximum Gasteiger partial charge on any atom is 0.255 e. The Hall–Kier alpha value is -3.17. The number of Topliss-reactive ketones (excluding diaryl/α,β-unsaturated/α-hetero) is 2. The van der Waals surface area contributed by atoms with Gasteiger partial charge < -0.3 is 26.2 Å². The van der Waals surface area contributed by atoms with Gasteiger partial charge in [0.15, 0.2) is 11.4 Å². The molecule has 0 bridgehead atoms. The summed E-state index contributed by atoms with van der Waals surface area (Å²) < 4.78 is 0. The fourth-order valence-electron chi connectivity index (χ4n) is 6.20. The lowest BCUT2D eigenvalue weighted by Crippen LogP contribution is -2.67. The molecular formula is C24H26N2O7. The number of piperidine rings is 1. The average Bonchev–Trinajstić information content (AvgIpc) is 2.77. The molecule has 1 aliphatic heterocycles. The van der Waals surface area contributed by atoms with E-state index >= 15 is 0 Å². The molecule has 174 valence electrons. The molecule has 9 heteroatoms. The molecule has 1 saturated carbocycles. The van der Waals surface area contributed by atoms with E-state index in [1.54, 1.807) is 12.1 Å². The number of ketones is 2. The lowest BCUT2D eigenvalue weighted by atomic mass is 9.57. The van der Waals surface area contributed by atoms with Crippen LogP contribution in [-0.2, 0) is 20.8 Å². The molecule has 1 heterocycles. The smallest absolute Gasteiger partial charge is 0.255 e. The summed E-state index contributed by atoms with van der Waals surface area (Å²) in [6.45, 7) is 1.11. The van der Waals surface area contributed by atoms with Gasteiger partial charge in [0, 0.05) is 11.5 Å². The first kappa shape index (κ1) is 21.7. The van der Waals surface area contributed by atoms with Gasteiger partial charge >= 0.3 is 0 Å². The predicted molar refractivity (Wildman–Crippen MR) is 116 cm³/mol. The first-order chi connectivity index (χ1) is 15.7. The molecule has 4 aliphatic rings. The molecule has 1 aromatic rings. The van der Waals surface area contributed by atoms with E-state index in [0.29, 0.717) is 25.1 Å². The molecule has 0 radical (unpaired) electrons. The zero-order valence-corrected chi connectivity index (χ0v) is 18.0. The summed E-state index contributed by atoms with van der Waals surface area (Å²) in [5.41, 5.74) is 2.68. The zero-order valence-electron chi connectivity index (χ0n) is 18.0. The first-order valence-corrected chi connectivity index (χ1v) is 11.2. The standard InChI is InChI=1S/C24H26N2O7/c25-23(32)17-20(29)18(26-7-2-1-3-8-26)13-10-12-9-11-5-4-6-14(27)15(11)19(28)16(12)21(30)24(13,33)22(17)31/h4-6,12-13,18,27-28,31,33H,1-3,7-10H2,(H2,25,32). The van der Waals surface area contributed by atoms with Gasteiger partial charge in [0.2, 0.25) is 5.78 Å². The van der Waals surface area contributed by atoms with E-state index in [1.165, 1.54) is 6.07 Å². The number of aliphatic hydroxyl groups excluding tert-OH is 2. The van der Waals surface area contributed by atoms with Crippen LogP contribution in [0.3, 0.4) is 0 Å². The van der Waals surface area contributed by atoms with Crippen molar-refractivity contribution in [3.63, 3.8) is 0 Å². The summed E-state index contributed by atoms with van der Waals surface area (Å²) in [6, 6.07) is 3.77. The number of likely N-dealkylation sites (tertiary alicyclic amines) is 1. The van der Waals surface area contributed by atoms with Crippen molar-refractivity contribution in [1.29, 1.82) is 0 Å². The number of primary amides is 1. The van der Waals surface area contributed by atoms with Crippen molar-refractivity contribution in [2.75, 3.05) is 13.1 Å². The number of aromatic hydroxyl groups is 1. The number of phenolic OH excluding ortho intramolecular Hbond substituents is 1. The molecule has 0 aromatic heterocycles. The lowest BCUT2D eigenvalue weighted by molar-refractivity contribution is -0.155. The van der Waals surface area contributed by atoms with Crippen molar-refractivity contribution in [3.8, 4) is 5.75 Å². The number of phenols is 1. The Morgan fingerprint density at radius 2 is 1.79 bits per heavy atom. The van der Waals surface area contributed by atoms with Crippen LogP contribution in [0.5, 0.6) is 5.75 Å². The molecule has 5 rings (SSSR count). The number of amides is 1. The van der Waals surface area contributed by atoms with E-state index in [0.717, 1.165) is 19.3 Å². The number of hydrogen-bond acceptors (Lipinski definition) is 8. The Bertz CT molecular complexity index is 1150. The van der Waals surface area contributed by atoms with Gasteiger partial charge in [-0.15, -0.1) is 0 Å². The minimum Gasteiger partial charge on any atom is -0.508 e. The van der Waals surface area contributed by atoms with Crippen molar-refractivity contribution < 1.29 is 34.8 Å². The number of hydrogen-bond donors (Lipinski definition) is 5. The van der Waals surface area contributed by atoms with E-state index in [2.05, 4.69) is 0 Å². The van der Waals surface area contributed by atoms with Gasteiger partial charge in [0.05, 0.1) is 11.6 Å². The Balaban J connectivity index is 1.71. The number of benzene rings is 1. The molecule has 1 saturated heterocycles. The van der Waals surface area contributed by atoms with E-state index in [4.69, 9.17) is 5.73 Å². The Morgan fingerprint density at radius 3 is 2.45 bits per heavy atom. The highest BCUT2D eigenvalue weighted by atomic mass is 16.3. The maximum atomic E-state index is 13.7. The molecule has 4 atom stereocenters. The minimum atomic E-state index is -2.58. The third-order valence-electron chi connectivity index (χ3n) is 7.69. The van der Waals surface area contributed by atoms with E-state index in [9.17, 15) is 34.8 Å². The fraction of sp³-hybridized carbons (Fsp3) is 0.458.